The molecule has 1 rings (SSSR count). The quantitative estimate of drug-likeness (QED) is 0.595. The molecule has 3 heteroatoms. The van der Waals surface area contributed by atoms with Gasteiger partial charge in [0, 0.05) is 11.8 Å². The van der Waals surface area contributed by atoms with E-state index in [9.17, 15) is 0 Å². The van der Waals surface area contributed by atoms with E-state index >= 15 is 0 Å². The summed E-state index contributed by atoms with van der Waals surface area (Å²) in [4.78, 5) is 0. The predicted octanol–water partition coefficient (Wildman–Crippen LogP) is 2.71. The van der Waals surface area contributed by atoms with E-state index in [0.717, 1.165) is 5.75 Å². The van der Waals surface area contributed by atoms with Crippen molar-refractivity contribution in [2.45, 2.75) is 26.9 Å². The average molecular weight is 223 g/mol. The fraction of sp³-hybridized carbons (Fsp3) is 0.538. The van der Waals surface area contributed by atoms with E-state index in [4.69, 9.17) is 15.2 Å². The molecule has 2 N–H and O–H groups in total. The van der Waals surface area contributed by atoms with Crippen molar-refractivity contribution in [3.05, 3.63) is 24.3 Å². The van der Waals surface area contributed by atoms with E-state index in [0.29, 0.717) is 24.8 Å². The number of nitrogens with two attached hydrogens (primary N) is 1. The van der Waals surface area contributed by atoms with Crippen LogP contribution in [0.3, 0.4) is 0 Å². The summed E-state index contributed by atoms with van der Waals surface area (Å²) < 4.78 is 11.1. The second kappa shape index (κ2) is 6.38. The summed E-state index contributed by atoms with van der Waals surface area (Å²) in [7, 11) is 0. The third kappa shape index (κ3) is 4.53. The summed E-state index contributed by atoms with van der Waals surface area (Å²) in [5.41, 5.74) is 6.36. The van der Waals surface area contributed by atoms with Crippen molar-refractivity contribution < 1.29 is 9.47 Å². The van der Waals surface area contributed by atoms with Gasteiger partial charge in [-0.25, -0.2) is 0 Å². The minimum absolute atomic E-state index is 0.268. The maximum absolute atomic E-state index is 5.64. The Bertz CT molecular complexity index is 313. The first kappa shape index (κ1) is 12.8. The molecule has 0 saturated heterocycles. The first-order chi connectivity index (χ1) is 7.59. The lowest BCUT2D eigenvalue weighted by atomic mass is 10.1. The number of rotatable bonds is 6. The molecule has 0 aliphatic heterocycles. The smallest absolute Gasteiger partial charge is 0.121 e. The van der Waals surface area contributed by atoms with Crippen LogP contribution in [0.15, 0.2) is 24.3 Å². The van der Waals surface area contributed by atoms with Gasteiger partial charge < -0.3 is 15.2 Å². The normalized spacial score (nSPS) is 12.8. The van der Waals surface area contributed by atoms with Crippen LogP contribution >= 0.6 is 0 Å². The van der Waals surface area contributed by atoms with Gasteiger partial charge in [0.1, 0.15) is 12.4 Å². The highest BCUT2D eigenvalue weighted by molar-refractivity contribution is 5.43. The Morgan fingerprint density at radius 2 is 1.94 bits per heavy atom. The zero-order chi connectivity index (χ0) is 12.0. The van der Waals surface area contributed by atoms with Crippen LogP contribution in [0.25, 0.3) is 0 Å². The van der Waals surface area contributed by atoms with Crippen LogP contribution in [0, 0.1) is 5.92 Å². The second-order valence-electron chi connectivity index (χ2n) is 4.24. The van der Waals surface area contributed by atoms with Crippen molar-refractivity contribution >= 4 is 5.69 Å². The standard InChI is InChI=1S/C13H21NO2/c1-10(2)11(3)15-7-8-16-13-6-4-5-12(14)9-13/h4-6,9-11H,7-8,14H2,1-3H3. The Labute approximate surface area is 97.6 Å². The number of anilines is 1. The Balaban J connectivity index is 2.21. The van der Waals surface area contributed by atoms with Gasteiger partial charge in [-0.05, 0) is 25.0 Å². The summed E-state index contributed by atoms with van der Waals surface area (Å²) in [5.74, 6) is 1.33. The monoisotopic (exact) mass is 223 g/mol. The van der Waals surface area contributed by atoms with E-state index < -0.39 is 0 Å². The van der Waals surface area contributed by atoms with Crippen LogP contribution in [-0.4, -0.2) is 19.3 Å². The molecule has 0 amide bonds. The van der Waals surface area contributed by atoms with E-state index in [1.165, 1.54) is 0 Å². The molecule has 1 aromatic carbocycles. The molecule has 0 fully saturated rings. The predicted molar refractivity (Wildman–Crippen MR) is 66.6 cm³/mol. The number of nitrogen functional groups attached to an aromatic ring is 1. The molecule has 0 bridgehead atoms. The third-order valence-electron chi connectivity index (χ3n) is 2.53. The van der Waals surface area contributed by atoms with Crippen molar-refractivity contribution in [2.24, 2.45) is 5.92 Å². The zero-order valence-electron chi connectivity index (χ0n) is 10.3. The number of hydrogen-bond acceptors (Lipinski definition) is 3. The first-order valence-corrected chi connectivity index (χ1v) is 5.69. The summed E-state index contributed by atoms with van der Waals surface area (Å²) in [5, 5.41) is 0. The summed E-state index contributed by atoms with van der Waals surface area (Å²) in [6, 6.07) is 7.42. The molecule has 0 heterocycles. The maximum atomic E-state index is 5.64. The molecule has 0 aliphatic carbocycles. The van der Waals surface area contributed by atoms with Gasteiger partial charge in [0.15, 0.2) is 0 Å². The second-order valence-corrected chi connectivity index (χ2v) is 4.24. The minimum Gasteiger partial charge on any atom is -0.491 e. The molecular weight excluding hydrogens is 202 g/mol. The van der Waals surface area contributed by atoms with Crippen molar-refractivity contribution in [1.82, 2.24) is 0 Å². The fourth-order valence-corrected chi connectivity index (χ4v) is 1.19. The van der Waals surface area contributed by atoms with Crippen molar-refractivity contribution in [3.63, 3.8) is 0 Å². The third-order valence-corrected chi connectivity index (χ3v) is 2.53. The highest BCUT2D eigenvalue weighted by atomic mass is 16.5. The molecule has 0 saturated carbocycles. The van der Waals surface area contributed by atoms with Gasteiger partial charge in [-0.15, -0.1) is 0 Å². The van der Waals surface area contributed by atoms with Gasteiger partial charge in [0.2, 0.25) is 0 Å². The highest BCUT2D eigenvalue weighted by Gasteiger charge is 2.06. The topological polar surface area (TPSA) is 44.5 Å². The van der Waals surface area contributed by atoms with Crippen LogP contribution in [0.4, 0.5) is 5.69 Å². The fourth-order valence-electron chi connectivity index (χ4n) is 1.19. The lowest BCUT2D eigenvalue weighted by Gasteiger charge is -2.16. The lowest BCUT2D eigenvalue weighted by Crippen LogP contribution is -2.19. The van der Waals surface area contributed by atoms with Crippen LogP contribution < -0.4 is 10.5 Å². The van der Waals surface area contributed by atoms with Crippen molar-refractivity contribution in [1.29, 1.82) is 0 Å². The van der Waals surface area contributed by atoms with E-state index in [1.54, 1.807) is 0 Å². The molecule has 16 heavy (non-hydrogen) atoms. The average Bonchev–Trinajstić information content (AvgIpc) is 2.24. The van der Waals surface area contributed by atoms with Gasteiger partial charge >= 0.3 is 0 Å². The molecule has 0 aromatic heterocycles. The SMILES string of the molecule is CC(C)C(C)OCCOc1cccc(N)c1. The van der Waals surface area contributed by atoms with E-state index in [2.05, 4.69) is 20.8 Å². The molecule has 90 valence electrons. The van der Waals surface area contributed by atoms with Gasteiger partial charge in [-0.1, -0.05) is 19.9 Å². The van der Waals surface area contributed by atoms with Crippen LogP contribution in [0.1, 0.15) is 20.8 Å². The number of benzene rings is 1. The minimum atomic E-state index is 0.268. The molecule has 0 aliphatic rings. The van der Waals surface area contributed by atoms with Gasteiger partial charge in [-0.3, -0.25) is 0 Å². The van der Waals surface area contributed by atoms with Gasteiger partial charge in [0.25, 0.3) is 0 Å². The summed E-state index contributed by atoms with van der Waals surface area (Å²) >= 11 is 0. The van der Waals surface area contributed by atoms with Gasteiger partial charge in [-0.2, -0.15) is 0 Å². The van der Waals surface area contributed by atoms with Crippen molar-refractivity contribution in [3.8, 4) is 5.75 Å². The Morgan fingerprint density at radius 3 is 2.56 bits per heavy atom. The maximum Gasteiger partial charge on any atom is 0.121 e. The van der Waals surface area contributed by atoms with Crippen LogP contribution in [0.2, 0.25) is 0 Å². The van der Waals surface area contributed by atoms with Crippen LogP contribution in [0.5, 0.6) is 5.75 Å². The van der Waals surface area contributed by atoms with Gasteiger partial charge in [0.05, 0.1) is 12.7 Å². The Kier molecular flexibility index (Phi) is 5.12. The summed E-state index contributed by atoms with van der Waals surface area (Å²) in [6.45, 7) is 7.52. The molecule has 0 radical (unpaired) electrons. The molecule has 3 nitrogen and oxygen atoms in total. The zero-order valence-corrected chi connectivity index (χ0v) is 10.3. The highest BCUT2D eigenvalue weighted by Crippen LogP contribution is 2.14. The first-order valence-electron chi connectivity index (χ1n) is 5.69. The summed E-state index contributed by atoms with van der Waals surface area (Å²) in [6.07, 6.45) is 0.268. The van der Waals surface area contributed by atoms with Crippen LogP contribution in [-0.2, 0) is 4.74 Å². The molecule has 0 spiro atoms. The van der Waals surface area contributed by atoms with Crippen molar-refractivity contribution in [2.75, 3.05) is 18.9 Å². The number of hydrogen-bond donors (Lipinski definition) is 1. The Hall–Kier alpha value is -1.22. The van der Waals surface area contributed by atoms with E-state index in [-0.39, 0.29) is 6.10 Å². The van der Waals surface area contributed by atoms with E-state index in [1.807, 2.05) is 24.3 Å². The molecule has 1 aromatic rings. The molecule has 1 atom stereocenters. The Morgan fingerprint density at radius 1 is 1.19 bits per heavy atom. The number of ether oxygens (including phenoxy) is 2. The lowest BCUT2D eigenvalue weighted by molar-refractivity contribution is 0.0188. The molecular formula is C13H21NO2. The largest absolute Gasteiger partial charge is 0.491 e. The molecule has 1 unspecified atom stereocenters.